The second-order valence-electron chi connectivity index (χ2n) is 7.75. The summed E-state index contributed by atoms with van der Waals surface area (Å²) in [7, 11) is 0. The van der Waals surface area contributed by atoms with E-state index in [2.05, 4.69) is 10.6 Å². The number of aliphatic hydroxyl groups is 2. The van der Waals surface area contributed by atoms with E-state index in [1.807, 2.05) is 0 Å². The summed E-state index contributed by atoms with van der Waals surface area (Å²) in [5.41, 5.74) is 0. The number of hydroxylamine groups is 2. The number of hydrogen-bond acceptors (Lipinski definition) is 10. The molecule has 0 bridgehead atoms. The molecule has 2 aliphatic heterocycles. The highest BCUT2D eigenvalue weighted by atomic mass is 16.7. The quantitative estimate of drug-likeness (QED) is 0.177. The lowest BCUT2D eigenvalue weighted by molar-refractivity contribution is -0.220. The number of rotatable bonds is 13. The first kappa shape index (κ1) is 26.6. The number of hydrogen-bond donors (Lipinski definition) is 4. The van der Waals surface area contributed by atoms with E-state index in [1.54, 1.807) is 0 Å². The van der Waals surface area contributed by atoms with Crippen LogP contribution in [0.25, 0.3) is 0 Å². The number of carbonyl (C=O) groups is 5. The molecule has 0 spiro atoms. The molecule has 13 nitrogen and oxygen atoms in total. The molecule has 33 heavy (non-hydrogen) atoms. The molecule has 0 saturated carbocycles. The Balaban J connectivity index is 1.47. The minimum Gasteiger partial charge on any atom is -0.394 e. The number of ether oxygens (including phenoxy) is 2. The minimum absolute atomic E-state index is 0.0248. The zero-order valence-electron chi connectivity index (χ0n) is 18.3. The van der Waals surface area contributed by atoms with Gasteiger partial charge >= 0.3 is 5.97 Å². The van der Waals surface area contributed by atoms with Gasteiger partial charge in [-0.05, 0) is 12.8 Å². The molecular weight excluding hydrogens is 442 g/mol. The van der Waals surface area contributed by atoms with Gasteiger partial charge in [0.15, 0.2) is 6.29 Å². The van der Waals surface area contributed by atoms with Crippen molar-refractivity contribution in [3.8, 4) is 0 Å². The molecular formula is C20H31N3O10. The van der Waals surface area contributed by atoms with Gasteiger partial charge in [-0.1, -0.05) is 0 Å². The van der Waals surface area contributed by atoms with Crippen LogP contribution in [0.2, 0.25) is 0 Å². The average molecular weight is 473 g/mol. The van der Waals surface area contributed by atoms with Crippen molar-refractivity contribution in [2.75, 3.05) is 26.3 Å². The number of nitrogens with zero attached hydrogens (tertiary/aromatic N) is 1. The molecule has 3 atom stereocenters. The third-order valence-corrected chi connectivity index (χ3v) is 4.96. The zero-order valence-corrected chi connectivity index (χ0v) is 18.3. The largest absolute Gasteiger partial charge is 0.394 e. The third-order valence-electron chi connectivity index (χ3n) is 4.96. The molecule has 2 fully saturated rings. The highest BCUT2D eigenvalue weighted by Gasteiger charge is 2.32. The molecule has 0 aromatic rings. The Labute approximate surface area is 190 Å². The van der Waals surface area contributed by atoms with Crippen LogP contribution >= 0.6 is 0 Å². The molecule has 2 heterocycles. The maximum atomic E-state index is 11.8. The second kappa shape index (κ2) is 13.8. The van der Waals surface area contributed by atoms with Crippen molar-refractivity contribution in [2.45, 2.75) is 69.9 Å². The molecule has 0 aromatic heterocycles. The van der Waals surface area contributed by atoms with Crippen LogP contribution in [0.15, 0.2) is 0 Å². The lowest BCUT2D eigenvalue weighted by atomic mass is 10.1. The van der Waals surface area contributed by atoms with Crippen LogP contribution in [0.3, 0.4) is 0 Å². The number of amides is 4. The first-order valence-electron chi connectivity index (χ1n) is 10.9. The van der Waals surface area contributed by atoms with E-state index in [0.717, 1.165) is 0 Å². The van der Waals surface area contributed by atoms with E-state index in [4.69, 9.17) is 19.4 Å². The summed E-state index contributed by atoms with van der Waals surface area (Å²) in [4.78, 5) is 62.7. The van der Waals surface area contributed by atoms with Crippen LogP contribution < -0.4 is 10.6 Å². The Morgan fingerprint density at radius 1 is 1.03 bits per heavy atom. The van der Waals surface area contributed by atoms with Gasteiger partial charge in [0.25, 0.3) is 11.8 Å². The molecule has 2 saturated heterocycles. The Bertz CT molecular complexity index is 700. The number of nitrogens with one attached hydrogen (secondary N) is 2. The summed E-state index contributed by atoms with van der Waals surface area (Å²) in [5.74, 6) is -2.59. The van der Waals surface area contributed by atoms with E-state index in [-0.39, 0.29) is 64.3 Å². The van der Waals surface area contributed by atoms with Crippen molar-refractivity contribution in [3.63, 3.8) is 0 Å². The first-order chi connectivity index (χ1) is 15.8. The van der Waals surface area contributed by atoms with Crippen molar-refractivity contribution in [3.05, 3.63) is 0 Å². The summed E-state index contributed by atoms with van der Waals surface area (Å²) in [6.07, 6.45) is -0.345. The number of unbranched alkanes of at least 4 members (excludes halogenated alkanes) is 1. The highest BCUT2D eigenvalue weighted by molar-refractivity contribution is 6.01. The van der Waals surface area contributed by atoms with Gasteiger partial charge in [0, 0.05) is 45.1 Å². The predicted molar refractivity (Wildman–Crippen MR) is 109 cm³/mol. The van der Waals surface area contributed by atoms with Gasteiger partial charge < -0.3 is 35.2 Å². The van der Waals surface area contributed by atoms with Gasteiger partial charge in [0.05, 0.1) is 32.0 Å². The highest BCUT2D eigenvalue weighted by Crippen LogP contribution is 2.20. The SMILES string of the molecule is O=C(CCCCC(=O)ON1C(=O)CCC1=O)NCC(=O)NCCO[C@H]1C[C@@H](O)C[C@@H](CO)O1. The zero-order chi connectivity index (χ0) is 24.2. The fraction of sp³-hybridized carbons (Fsp3) is 0.750. The van der Waals surface area contributed by atoms with Crippen molar-refractivity contribution in [1.82, 2.24) is 15.7 Å². The van der Waals surface area contributed by atoms with Crippen LogP contribution in [-0.2, 0) is 38.3 Å². The smallest absolute Gasteiger partial charge is 0.333 e. The van der Waals surface area contributed by atoms with E-state index < -0.39 is 42.2 Å². The lowest BCUT2D eigenvalue weighted by Gasteiger charge is -2.32. The Morgan fingerprint density at radius 2 is 1.73 bits per heavy atom. The Morgan fingerprint density at radius 3 is 2.42 bits per heavy atom. The summed E-state index contributed by atoms with van der Waals surface area (Å²) in [6.45, 7) is -0.109. The van der Waals surface area contributed by atoms with Crippen LogP contribution in [0.1, 0.15) is 51.4 Å². The number of imide groups is 1. The summed E-state index contributed by atoms with van der Waals surface area (Å²) >= 11 is 0. The van der Waals surface area contributed by atoms with Crippen LogP contribution in [-0.4, -0.2) is 89.7 Å². The Kier molecular flexibility index (Phi) is 11.2. The molecule has 13 heteroatoms. The molecule has 2 aliphatic rings. The molecule has 4 N–H and O–H groups in total. The summed E-state index contributed by atoms with van der Waals surface area (Å²) < 4.78 is 10.9. The molecule has 186 valence electrons. The van der Waals surface area contributed by atoms with Gasteiger partial charge in [0.1, 0.15) is 0 Å². The van der Waals surface area contributed by atoms with Gasteiger partial charge in [-0.15, -0.1) is 5.06 Å². The van der Waals surface area contributed by atoms with E-state index in [1.165, 1.54) is 0 Å². The molecule has 0 aromatic carbocycles. The number of aliphatic hydroxyl groups excluding tert-OH is 2. The maximum absolute atomic E-state index is 11.8. The van der Waals surface area contributed by atoms with Gasteiger partial charge in [-0.3, -0.25) is 19.2 Å². The van der Waals surface area contributed by atoms with Gasteiger partial charge in [-0.25, -0.2) is 4.79 Å². The normalized spacial score (nSPS) is 22.8. The van der Waals surface area contributed by atoms with Crippen molar-refractivity contribution in [1.29, 1.82) is 0 Å². The standard InChI is InChI=1S/C20H31N3O10/c24-12-14-9-13(25)10-20(32-14)31-8-7-21-16(27)11-22-15(26)3-1-2-4-19(30)33-23-17(28)5-6-18(23)29/h13-14,20,24-25H,1-12H2,(H,21,27)(H,22,26)/t13-,14-,20+/m0/s1. The fourth-order valence-electron chi connectivity index (χ4n) is 3.24. The molecule has 0 unspecified atom stereocenters. The van der Waals surface area contributed by atoms with E-state index in [0.29, 0.717) is 24.3 Å². The molecule has 0 aliphatic carbocycles. The maximum Gasteiger partial charge on any atom is 0.333 e. The number of carbonyl (C=O) groups excluding carboxylic acids is 5. The van der Waals surface area contributed by atoms with Crippen molar-refractivity contribution >= 4 is 29.6 Å². The van der Waals surface area contributed by atoms with Gasteiger partial charge in [0.2, 0.25) is 11.8 Å². The predicted octanol–water partition coefficient (Wildman–Crippen LogP) is -1.74. The fourth-order valence-corrected chi connectivity index (χ4v) is 3.24. The average Bonchev–Trinajstić information content (AvgIpc) is 3.09. The van der Waals surface area contributed by atoms with Crippen molar-refractivity contribution in [2.24, 2.45) is 0 Å². The lowest BCUT2D eigenvalue weighted by Crippen LogP contribution is -2.41. The van der Waals surface area contributed by atoms with Crippen molar-refractivity contribution < 1.29 is 48.5 Å². The third kappa shape index (κ3) is 9.82. The molecule has 4 amide bonds. The topological polar surface area (TPSA) is 181 Å². The molecule has 0 radical (unpaired) electrons. The van der Waals surface area contributed by atoms with Crippen LogP contribution in [0.4, 0.5) is 0 Å². The van der Waals surface area contributed by atoms with Crippen LogP contribution in [0, 0.1) is 0 Å². The van der Waals surface area contributed by atoms with Gasteiger partial charge in [-0.2, -0.15) is 0 Å². The van der Waals surface area contributed by atoms with Crippen LogP contribution in [0.5, 0.6) is 0 Å². The summed E-state index contributed by atoms with van der Waals surface area (Å²) in [6, 6.07) is 0. The summed E-state index contributed by atoms with van der Waals surface area (Å²) in [5, 5.41) is 24.3. The molecule has 2 rings (SSSR count). The monoisotopic (exact) mass is 473 g/mol. The Hall–Kier alpha value is -2.61. The second-order valence-corrected chi connectivity index (χ2v) is 7.75. The minimum atomic E-state index is -0.722. The first-order valence-corrected chi connectivity index (χ1v) is 10.9. The van der Waals surface area contributed by atoms with E-state index in [9.17, 15) is 29.1 Å². The van der Waals surface area contributed by atoms with E-state index >= 15 is 0 Å².